The first-order valence-electron chi connectivity index (χ1n) is 5.75. The van der Waals surface area contributed by atoms with Crippen molar-refractivity contribution >= 4 is 11.7 Å². The van der Waals surface area contributed by atoms with E-state index in [0.29, 0.717) is 11.3 Å². The molecule has 0 radical (unpaired) electrons. The normalized spacial score (nSPS) is 11.7. The lowest BCUT2D eigenvalue weighted by atomic mass is 10.0. The van der Waals surface area contributed by atoms with Crippen LogP contribution in [-0.2, 0) is 6.18 Å². The molecule has 0 aliphatic carbocycles. The number of nitrogens with zero attached hydrogens (tertiary/aromatic N) is 2. The summed E-state index contributed by atoms with van der Waals surface area (Å²) < 4.78 is 39.1. The predicted octanol–water partition coefficient (Wildman–Crippen LogP) is 3.12. The molecule has 0 aliphatic heterocycles. The van der Waals surface area contributed by atoms with Crippen LogP contribution in [0.3, 0.4) is 0 Å². The number of rotatable bonds is 1. The van der Waals surface area contributed by atoms with E-state index in [1.165, 1.54) is 19.1 Å². The van der Waals surface area contributed by atoms with E-state index in [2.05, 4.69) is 5.10 Å². The van der Waals surface area contributed by atoms with Gasteiger partial charge in [0.15, 0.2) is 0 Å². The number of carbonyl (C=O) groups excluding carboxylic acids is 1. The molecule has 4 nitrogen and oxygen atoms in total. The van der Waals surface area contributed by atoms with Gasteiger partial charge in [0.25, 0.3) is 0 Å². The maximum atomic E-state index is 12.7. The molecule has 2 N–H and O–H groups in total. The van der Waals surface area contributed by atoms with Gasteiger partial charge in [-0.1, -0.05) is 12.1 Å². The average Bonchev–Trinajstić information content (AvgIpc) is 2.64. The van der Waals surface area contributed by atoms with Crippen LogP contribution < -0.4 is 5.73 Å². The van der Waals surface area contributed by atoms with Crippen molar-refractivity contribution in [2.75, 3.05) is 5.73 Å². The van der Waals surface area contributed by atoms with Gasteiger partial charge in [0, 0.05) is 12.5 Å². The van der Waals surface area contributed by atoms with Gasteiger partial charge in [0.05, 0.1) is 11.3 Å². The van der Waals surface area contributed by atoms with E-state index in [0.717, 1.165) is 16.8 Å². The molecular weight excluding hydrogens is 271 g/mol. The summed E-state index contributed by atoms with van der Waals surface area (Å²) in [6.07, 6.45) is -4.44. The highest BCUT2D eigenvalue weighted by molar-refractivity contribution is 5.86. The molecule has 0 unspecified atom stereocenters. The van der Waals surface area contributed by atoms with E-state index in [-0.39, 0.29) is 11.4 Å². The second-order valence-corrected chi connectivity index (χ2v) is 4.36. The Hall–Kier alpha value is -2.31. The third-order valence-corrected chi connectivity index (χ3v) is 2.87. The van der Waals surface area contributed by atoms with Crippen LogP contribution in [-0.4, -0.2) is 15.7 Å². The van der Waals surface area contributed by atoms with Gasteiger partial charge >= 0.3 is 6.18 Å². The van der Waals surface area contributed by atoms with Gasteiger partial charge in [-0.3, -0.25) is 4.79 Å². The van der Waals surface area contributed by atoms with E-state index < -0.39 is 17.6 Å². The van der Waals surface area contributed by atoms with Crippen LogP contribution in [0.4, 0.5) is 19.0 Å². The first kappa shape index (κ1) is 14.1. The third-order valence-electron chi connectivity index (χ3n) is 2.87. The Morgan fingerprint density at radius 1 is 1.35 bits per heavy atom. The Kier molecular flexibility index (Phi) is 3.29. The zero-order chi connectivity index (χ0) is 15.1. The lowest BCUT2D eigenvalue weighted by Gasteiger charge is -2.09. The number of hydrogen-bond acceptors (Lipinski definition) is 3. The number of anilines is 1. The molecular formula is C13H12F3N3O. The van der Waals surface area contributed by atoms with E-state index in [1.807, 2.05) is 0 Å². The second-order valence-electron chi connectivity index (χ2n) is 4.36. The van der Waals surface area contributed by atoms with Gasteiger partial charge in [-0.25, -0.2) is 0 Å². The van der Waals surface area contributed by atoms with E-state index in [4.69, 9.17) is 5.73 Å². The summed E-state index contributed by atoms with van der Waals surface area (Å²) >= 11 is 0. The van der Waals surface area contributed by atoms with E-state index in [1.54, 1.807) is 6.92 Å². The highest BCUT2D eigenvalue weighted by Gasteiger charge is 2.31. The van der Waals surface area contributed by atoms with Gasteiger partial charge in [0.1, 0.15) is 5.82 Å². The van der Waals surface area contributed by atoms with Crippen molar-refractivity contribution in [1.29, 1.82) is 0 Å². The van der Waals surface area contributed by atoms with Crippen molar-refractivity contribution in [3.8, 4) is 11.1 Å². The fourth-order valence-corrected chi connectivity index (χ4v) is 1.99. The maximum absolute atomic E-state index is 12.7. The number of benzene rings is 1. The number of aromatic nitrogens is 2. The summed E-state index contributed by atoms with van der Waals surface area (Å²) in [5.41, 5.74) is 6.04. The molecule has 2 aromatic rings. The Morgan fingerprint density at radius 3 is 2.50 bits per heavy atom. The number of nitrogen functional groups attached to an aromatic ring is 1. The topological polar surface area (TPSA) is 60.9 Å². The van der Waals surface area contributed by atoms with Crippen molar-refractivity contribution in [3.63, 3.8) is 0 Å². The van der Waals surface area contributed by atoms with Gasteiger partial charge in [-0.2, -0.15) is 23.0 Å². The van der Waals surface area contributed by atoms with Gasteiger partial charge in [-0.05, 0) is 24.6 Å². The number of hydrogen-bond donors (Lipinski definition) is 1. The van der Waals surface area contributed by atoms with Crippen LogP contribution in [0.5, 0.6) is 0 Å². The third kappa shape index (κ3) is 2.38. The molecule has 0 amide bonds. The summed E-state index contributed by atoms with van der Waals surface area (Å²) in [6.45, 7) is 2.87. The van der Waals surface area contributed by atoms with Gasteiger partial charge in [0.2, 0.25) is 5.91 Å². The molecule has 20 heavy (non-hydrogen) atoms. The highest BCUT2D eigenvalue weighted by Crippen LogP contribution is 2.35. The number of nitrogens with two attached hydrogens (primary N) is 1. The lowest BCUT2D eigenvalue weighted by molar-refractivity contribution is -0.137. The SMILES string of the molecule is CC(=O)n1nc(C)c(-c2cccc(C(F)(F)F)c2)c1N. The van der Waals surface area contributed by atoms with Crippen molar-refractivity contribution in [2.45, 2.75) is 20.0 Å². The lowest BCUT2D eigenvalue weighted by Crippen LogP contribution is -2.11. The quantitative estimate of drug-likeness (QED) is 0.874. The zero-order valence-electron chi connectivity index (χ0n) is 10.8. The largest absolute Gasteiger partial charge is 0.416 e. The van der Waals surface area contributed by atoms with Gasteiger partial charge < -0.3 is 5.73 Å². The second kappa shape index (κ2) is 4.66. The zero-order valence-corrected chi connectivity index (χ0v) is 10.8. The predicted molar refractivity (Wildman–Crippen MR) is 68.1 cm³/mol. The highest BCUT2D eigenvalue weighted by atomic mass is 19.4. The maximum Gasteiger partial charge on any atom is 0.416 e. The fraction of sp³-hybridized carbons (Fsp3) is 0.231. The molecule has 0 saturated carbocycles. The Bertz CT molecular complexity index is 674. The van der Waals surface area contributed by atoms with E-state index in [9.17, 15) is 18.0 Å². The van der Waals surface area contributed by atoms with Crippen LogP contribution in [0.1, 0.15) is 23.0 Å². The van der Waals surface area contributed by atoms with Crippen molar-refractivity contribution < 1.29 is 18.0 Å². The number of aryl methyl sites for hydroxylation is 1. The molecule has 0 aliphatic rings. The Morgan fingerprint density at radius 2 is 2.00 bits per heavy atom. The summed E-state index contributed by atoms with van der Waals surface area (Å²) in [7, 11) is 0. The summed E-state index contributed by atoms with van der Waals surface area (Å²) in [4.78, 5) is 11.3. The van der Waals surface area contributed by atoms with Gasteiger partial charge in [-0.15, -0.1) is 0 Å². The van der Waals surface area contributed by atoms with Crippen molar-refractivity contribution in [1.82, 2.24) is 9.78 Å². The van der Waals surface area contributed by atoms with Crippen molar-refractivity contribution in [3.05, 3.63) is 35.5 Å². The van der Waals surface area contributed by atoms with Crippen LogP contribution in [0.25, 0.3) is 11.1 Å². The summed E-state index contributed by atoms with van der Waals surface area (Å²) in [5.74, 6) is -0.363. The van der Waals surface area contributed by atoms with Crippen LogP contribution in [0.2, 0.25) is 0 Å². The molecule has 7 heteroatoms. The minimum Gasteiger partial charge on any atom is -0.383 e. The first-order chi connectivity index (χ1) is 9.21. The minimum atomic E-state index is -4.44. The van der Waals surface area contributed by atoms with E-state index >= 15 is 0 Å². The molecule has 1 aromatic carbocycles. The number of halogens is 3. The smallest absolute Gasteiger partial charge is 0.383 e. The van der Waals surface area contributed by atoms with Crippen molar-refractivity contribution in [2.24, 2.45) is 0 Å². The molecule has 0 spiro atoms. The molecule has 0 fully saturated rings. The van der Waals surface area contributed by atoms with Crippen LogP contribution >= 0.6 is 0 Å². The number of alkyl halides is 3. The van der Waals surface area contributed by atoms with Crippen LogP contribution in [0, 0.1) is 6.92 Å². The first-order valence-corrected chi connectivity index (χ1v) is 5.75. The fourth-order valence-electron chi connectivity index (χ4n) is 1.99. The Labute approximate surface area is 113 Å². The van der Waals surface area contributed by atoms with Crippen LogP contribution in [0.15, 0.2) is 24.3 Å². The molecule has 0 atom stereocenters. The molecule has 1 aromatic heterocycles. The summed E-state index contributed by atoms with van der Waals surface area (Å²) in [5, 5.41) is 3.94. The molecule has 2 rings (SSSR count). The number of carbonyl (C=O) groups is 1. The summed E-state index contributed by atoms with van der Waals surface area (Å²) in [6, 6.07) is 4.76. The molecule has 1 heterocycles. The minimum absolute atomic E-state index is 0.0364. The Balaban J connectivity index is 2.61. The average molecular weight is 283 g/mol. The molecule has 0 bridgehead atoms. The molecule has 106 valence electrons. The molecule has 0 saturated heterocycles. The monoisotopic (exact) mass is 283 g/mol. The standard InChI is InChI=1S/C13H12F3N3O/c1-7-11(12(17)19(18-7)8(2)20)9-4-3-5-10(6-9)13(14,15)16/h3-6H,17H2,1-2H3.